The zero-order valence-electron chi connectivity index (χ0n) is 11.5. The molecule has 0 aliphatic carbocycles. The van der Waals surface area contributed by atoms with Crippen molar-refractivity contribution in [2.24, 2.45) is 16.2 Å². The van der Waals surface area contributed by atoms with Gasteiger partial charge in [-0.15, -0.1) is 0 Å². The third-order valence-corrected chi connectivity index (χ3v) is 1.50. The van der Waals surface area contributed by atoms with Gasteiger partial charge in [-0.3, -0.25) is 0 Å². The van der Waals surface area contributed by atoms with Gasteiger partial charge in [-0.1, -0.05) is 23.7 Å². The molecular formula is C15H24. The third kappa shape index (κ3) is 9.42. The zero-order valence-corrected chi connectivity index (χ0v) is 11.5. The Hall–Kier alpha value is -0.880. The second kappa shape index (κ2) is 4.32. The minimum atomic E-state index is -0.208. The van der Waals surface area contributed by atoms with E-state index in [1.807, 2.05) is 0 Å². The van der Waals surface area contributed by atoms with Crippen LogP contribution in [-0.4, -0.2) is 0 Å². The lowest BCUT2D eigenvalue weighted by atomic mass is 9.88. The molecule has 0 nitrogen and oxygen atoms in total. The molecule has 0 heteroatoms. The number of rotatable bonds is 0. The van der Waals surface area contributed by atoms with E-state index in [0.717, 1.165) is 0 Å². The van der Waals surface area contributed by atoms with Crippen LogP contribution < -0.4 is 0 Å². The highest BCUT2D eigenvalue weighted by Gasteiger charge is 2.13. The molecule has 0 aromatic carbocycles. The maximum atomic E-state index is 3.25. The van der Waals surface area contributed by atoms with Gasteiger partial charge in [0.25, 0.3) is 0 Å². The average Bonchev–Trinajstić information content (AvgIpc) is 1.96. The van der Waals surface area contributed by atoms with Crippen LogP contribution in [0.1, 0.15) is 55.4 Å². The van der Waals surface area contributed by atoms with Crippen molar-refractivity contribution in [3.05, 3.63) is 0 Å². The summed E-state index contributed by atoms with van der Waals surface area (Å²) in [5, 5.41) is 0. The first-order valence-corrected chi connectivity index (χ1v) is 5.50. The lowest BCUT2D eigenvalue weighted by Gasteiger charge is -2.14. The molecule has 0 rings (SSSR count). The molecule has 0 unspecified atom stereocenters. The first-order valence-electron chi connectivity index (χ1n) is 5.50. The summed E-state index contributed by atoms with van der Waals surface area (Å²) in [6.07, 6.45) is 0. The van der Waals surface area contributed by atoms with Crippen molar-refractivity contribution in [3.8, 4) is 23.7 Å². The van der Waals surface area contributed by atoms with Gasteiger partial charge >= 0.3 is 0 Å². The minimum absolute atomic E-state index is 0.0562. The molecule has 0 amide bonds. The largest absolute Gasteiger partial charge is 0.0958 e. The Morgan fingerprint density at radius 1 is 0.467 bits per heavy atom. The number of hydrogen-bond donors (Lipinski definition) is 0. The van der Waals surface area contributed by atoms with Crippen LogP contribution in [0.2, 0.25) is 0 Å². The third-order valence-electron chi connectivity index (χ3n) is 1.50. The van der Waals surface area contributed by atoms with Gasteiger partial charge in [-0.2, -0.15) is 0 Å². The van der Waals surface area contributed by atoms with Gasteiger partial charge in [-0.25, -0.2) is 0 Å². The quantitative estimate of drug-likeness (QED) is 0.521. The maximum Gasteiger partial charge on any atom is 0.0863 e. The fraction of sp³-hybridized carbons (Fsp3) is 0.733. The summed E-state index contributed by atoms with van der Waals surface area (Å²) in [5.74, 6) is 13.0. The van der Waals surface area contributed by atoms with Gasteiger partial charge in [0, 0.05) is 10.8 Å². The zero-order chi connectivity index (χ0) is 12.3. The lowest BCUT2D eigenvalue weighted by molar-refractivity contribution is 0.558. The molecule has 0 bridgehead atoms. The molecule has 0 fully saturated rings. The van der Waals surface area contributed by atoms with Crippen molar-refractivity contribution in [3.63, 3.8) is 0 Å². The predicted molar refractivity (Wildman–Crippen MR) is 68.2 cm³/mol. The van der Waals surface area contributed by atoms with E-state index in [0.29, 0.717) is 0 Å². The highest BCUT2D eigenvalue weighted by Crippen LogP contribution is 2.18. The Labute approximate surface area is 95.8 Å². The molecule has 0 radical (unpaired) electrons. The van der Waals surface area contributed by atoms with Gasteiger partial charge in [0.15, 0.2) is 0 Å². The van der Waals surface area contributed by atoms with Crippen LogP contribution in [0.4, 0.5) is 0 Å². The van der Waals surface area contributed by atoms with Crippen molar-refractivity contribution in [1.82, 2.24) is 0 Å². The van der Waals surface area contributed by atoms with Gasteiger partial charge in [0.05, 0.1) is 5.41 Å². The summed E-state index contributed by atoms with van der Waals surface area (Å²) in [5.41, 5.74) is -0.0953. The standard InChI is InChI=1S/C15H24/c1-13(2,3)9-11-15(7,8)12-10-14(4,5)6/h1-8H3. The van der Waals surface area contributed by atoms with Gasteiger partial charge in [0.1, 0.15) is 0 Å². The molecule has 0 N–H and O–H groups in total. The predicted octanol–water partition coefficient (Wildman–Crippen LogP) is 4.11. The second-order valence-electron chi connectivity index (χ2n) is 6.62. The Morgan fingerprint density at radius 2 is 0.733 bits per heavy atom. The monoisotopic (exact) mass is 204 g/mol. The summed E-state index contributed by atoms with van der Waals surface area (Å²) < 4.78 is 0. The molecule has 0 saturated heterocycles. The molecule has 0 aliphatic rings. The Morgan fingerprint density at radius 3 is 0.933 bits per heavy atom. The van der Waals surface area contributed by atoms with Crippen LogP contribution in [0, 0.1) is 39.9 Å². The molecule has 0 heterocycles. The molecule has 0 aliphatic heterocycles. The molecule has 84 valence electrons. The van der Waals surface area contributed by atoms with Gasteiger partial charge in [-0.05, 0) is 55.4 Å². The lowest BCUT2D eigenvalue weighted by Crippen LogP contribution is -2.09. The van der Waals surface area contributed by atoms with Crippen LogP contribution >= 0.6 is 0 Å². The Balaban J connectivity index is 4.82. The average molecular weight is 204 g/mol. The van der Waals surface area contributed by atoms with E-state index in [2.05, 4.69) is 79.1 Å². The SMILES string of the molecule is CC(C)(C)C#CC(C)(C)C#CC(C)(C)C. The summed E-state index contributed by atoms with van der Waals surface area (Å²) in [6.45, 7) is 16.9. The van der Waals surface area contributed by atoms with Crippen molar-refractivity contribution < 1.29 is 0 Å². The highest BCUT2D eigenvalue weighted by atomic mass is 14.2. The second-order valence-corrected chi connectivity index (χ2v) is 6.62. The van der Waals surface area contributed by atoms with E-state index in [1.165, 1.54) is 0 Å². The fourth-order valence-electron chi connectivity index (χ4n) is 0.719. The topological polar surface area (TPSA) is 0 Å². The van der Waals surface area contributed by atoms with Crippen LogP contribution in [0.3, 0.4) is 0 Å². The summed E-state index contributed by atoms with van der Waals surface area (Å²) >= 11 is 0. The first kappa shape index (κ1) is 14.1. The smallest absolute Gasteiger partial charge is 0.0863 e. The van der Waals surface area contributed by atoms with Crippen molar-refractivity contribution in [2.45, 2.75) is 55.4 Å². The van der Waals surface area contributed by atoms with E-state index in [4.69, 9.17) is 0 Å². The molecular weight excluding hydrogens is 180 g/mol. The normalized spacial score (nSPS) is 12.3. The van der Waals surface area contributed by atoms with Crippen LogP contribution in [0.15, 0.2) is 0 Å². The van der Waals surface area contributed by atoms with Crippen LogP contribution in [-0.2, 0) is 0 Å². The Bertz CT molecular complexity index is 287. The van der Waals surface area contributed by atoms with Gasteiger partial charge < -0.3 is 0 Å². The number of hydrogen-bond acceptors (Lipinski definition) is 0. The van der Waals surface area contributed by atoms with Crippen molar-refractivity contribution in [2.75, 3.05) is 0 Å². The fourth-order valence-corrected chi connectivity index (χ4v) is 0.719. The molecule has 0 aromatic heterocycles. The van der Waals surface area contributed by atoms with E-state index >= 15 is 0 Å². The van der Waals surface area contributed by atoms with Crippen molar-refractivity contribution in [1.29, 1.82) is 0 Å². The maximum absolute atomic E-state index is 3.25. The Kier molecular flexibility index (Phi) is 4.07. The molecule has 0 spiro atoms. The summed E-state index contributed by atoms with van der Waals surface area (Å²) in [6, 6.07) is 0. The van der Waals surface area contributed by atoms with E-state index in [-0.39, 0.29) is 16.2 Å². The van der Waals surface area contributed by atoms with Crippen LogP contribution in [0.5, 0.6) is 0 Å². The minimum Gasteiger partial charge on any atom is -0.0958 e. The van der Waals surface area contributed by atoms with E-state index in [9.17, 15) is 0 Å². The summed E-state index contributed by atoms with van der Waals surface area (Å²) in [4.78, 5) is 0. The molecule has 0 atom stereocenters. The molecule has 0 aromatic rings. The van der Waals surface area contributed by atoms with E-state index < -0.39 is 0 Å². The summed E-state index contributed by atoms with van der Waals surface area (Å²) in [7, 11) is 0. The first-order chi connectivity index (χ1) is 6.41. The molecule has 15 heavy (non-hydrogen) atoms. The van der Waals surface area contributed by atoms with Crippen LogP contribution in [0.25, 0.3) is 0 Å². The highest BCUT2D eigenvalue weighted by molar-refractivity contribution is 5.27. The van der Waals surface area contributed by atoms with E-state index in [1.54, 1.807) is 0 Å². The van der Waals surface area contributed by atoms with Gasteiger partial charge in [0.2, 0.25) is 0 Å². The molecule has 0 saturated carbocycles. The van der Waals surface area contributed by atoms with Crippen molar-refractivity contribution >= 4 is 0 Å².